The summed E-state index contributed by atoms with van der Waals surface area (Å²) in [4.78, 5) is 10.4. The van der Waals surface area contributed by atoms with E-state index in [2.05, 4.69) is 17.9 Å². The SMILES string of the molecule is O=CCC/C=C1/C[C@@H]2C(C#CC(O)C3CCCC3)[C@H](O)CC[C@H]12. The second-order valence-corrected chi connectivity index (χ2v) is 7.45. The number of hydrogen-bond donors (Lipinski definition) is 2. The van der Waals surface area contributed by atoms with Crippen molar-refractivity contribution in [1.82, 2.24) is 0 Å². The lowest BCUT2D eigenvalue weighted by Gasteiger charge is -2.48. The van der Waals surface area contributed by atoms with Crippen molar-refractivity contribution in [3.8, 4) is 11.8 Å². The lowest BCUT2D eigenvalue weighted by Crippen LogP contribution is -2.44. The van der Waals surface area contributed by atoms with Crippen molar-refractivity contribution >= 4 is 6.29 Å². The highest BCUT2D eigenvalue weighted by Gasteiger charge is 2.46. The Hall–Kier alpha value is -1.11. The van der Waals surface area contributed by atoms with E-state index >= 15 is 0 Å². The fourth-order valence-electron chi connectivity index (χ4n) is 4.62. The molecule has 126 valence electrons. The van der Waals surface area contributed by atoms with Gasteiger partial charge in [-0.1, -0.05) is 36.3 Å². The maximum atomic E-state index is 10.4. The lowest BCUT2D eigenvalue weighted by atomic mass is 9.57. The van der Waals surface area contributed by atoms with Gasteiger partial charge in [0.25, 0.3) is 0 Å². The number of unbranched alkanes of at least 4 members (excludes halogenated alkanes) is 1. The van der Waals surface area contributed by atoms with Gasteiger partial charge in [0.05, 0.1) is 12.0 Å². The van der Waals surface area contributed by atoms with E-state index in [-0.39, 0.29) is 12.0 Å². The largest absolute Gasteiger partial charge is 0.392 e. The fourth-order valence-corrected chi connectivity index (χ4v) is 4.62. The molecule has 0 radical (unpaired) electrons. The second kappa shape index (κ2) is 7.64. The predicted molar refractivity (Wildman–Crippen MR) is 89.4 cm³/mol. The molecule has 3 aliphatic rings. The monoisotopic (exact) mass is 316 g/mol. The number of hydrogen-bond acceptors (Lipinski definition) is 3. The molecule has 0 heterocycles. The minimum Gasteiger partial charge on any atom is -0.392 e. The molecular weight excluding hydrogens is 288 g/mol. The zero-order valence-corrected chi connectivity index (χ0v) is 13.8. The van der Waals surface area contributed by atoms with Gasteiger partial charge in [0, 0.05) is 6.42 Å². The topological polar surface area (TPSA) is 57.5 Å². The van der Waals surface area contributed by atoms with Crippen molar-refractivity contribution < 1.29 is 15.0 Å². The number of aldehydes is 1. The summed E-state index contributed by atoms with van der Waals surface area (Å²) in [6.07, 6.45) is 11.1. The van der Waals surface area contributed by atoms with Crippen molar-refractivity contribution in [1.29, 1.82) is 0 Å². The van der Waals surface area contributed by atoms with Crippen molar-refractivity contribution in [3.05, 3.63) is 11.6 Å². The van der Waals surface area contributed by atoms with Gasteiger partial charge in [-0.25, -0.2) is 0 Å². The first-order valence-electron chi connectivity index (χ1n) is 9.20. The van der Waals surface area contributed by atoms with Gasteiger partial charge in [-0.15, -0.1) is 0 Å². The van der Waals surface area contributed by atoms with Crippen LogP contribution >= 0.6 is 0 Å². The Morgan fingerprint density at radius 2 is 1.96 bits per heavy atom. The van der Waals surface area contributed by atoms with Gasteiger partial charge in [-0.2, -0.15) is 0 Å². The number of carbonyl (C=O) groups excluding carboxylic acids is 1. The summed E-state index contributed by atoms with van der Waals surface area (Å²) in [5.74, 6) is 7.60. The first kappa shape index (κ1) is 16.7. The number of carbonyl (C=O) groups is 1. The van der Waals surface area contributed by atoms with Gasteiger partial charge >= 0.3 is 0 Å². The van der Waals surface area contributed by atoms with Gasteiger partial charge < -0.3 is 15.0 Å². The highest BCUT2D eigenvalue weighted by molar-refractivity contribution is 5.49. The van der Waals surface area contributed by atoms with Gasteiger partial charge in [-0.05, 0) is 56.3 Å². The van der Waals surface area contributed by atoms with Gasteiger partial charge in [0.2, 0.25) is 0 Å². The van der Waals surface area contributed by atoms with Crippen molar-refractivity contribution in [2.24, 2.45) is 23.7 Å². The number of allylic oxidation sites excluding steroid dienone is 2. The minimum absolute atomic E-state index is 0.00743. The van der Waals surface area contributed by atoms with E-state index in [0.717, 1.165) is 44.8 Å². The molecule has 5 atom stereocenters. The fraction of sp³-hybridized carbons (Fsp3) is 0.750. The summed E-state index contributed by atoms with van der Waals surface area (Å²) in [6, 6.07) is 0. The Morgan fingerprint density at radius 3 is 2.70 bits per heavy atom. The van der Waals surface area contributed by atoms with E-state index in [1.54, 1.807) is 0 Å². The molecule has 0 aliphatic heterocycles. The molecule has 3 saturated carbocycles. The van der Waals surface area contributed by atoms with Crippen LogP contribution in [0.2, 0.25) is 0 Å². The molecule has 3 aliphatic carbocycles. The third kappa shape index (κ3) is 3.70. The molecular formula is C20H28O3. The quantitative estimate of drug-likeness (QED) is 0.363. The normalized spacial score (nSPS) is 36.7. The average molecular weight is 316 g/mol. The first-order valence-corrected chi connectivity index (χ1v) is 9.20. The van der Waals surface area contributed by atoms with E-state index in [1.165, 1.54) is 18.4 Å². The van der Waals surface area contributed by atoms with E-state index < -0.39 is 6.10 Å². The Bertz CT molecular complexity index is 507. The second-order valence-electron chi connectivity index (χ2n) is 7.45. The zero-order valence-electron chi connectivity index (χ0n) is 13.8. The predicted octanol–water partition coefficient (Wildman–Crippen LogP) is 2.85. The van der Waals surface area contributed by atoms with Gasteiger partial charge in [0.15, 0.2) is 0 Å². The van der Waals surface area contributed by atoms with Crippen LogP contribution in [-0.2, 0) is 4.79 Å². The molecule has 0 aromatic carbocycles. The smallest absolute Gasteiger partial charge is 0.120 e. The van der Waals surface area contributed by atoms with Crippen molar-refractivity contribution in [3.63, 3.8) is 0 Å². The van der Waals surface area contributed by atoms with Crippen LogP contribution in [0, 0.1) is 35.5 Å². The first-order chi connectivity index (χ1) is 11.2. The van der Waals surface area contributed by atoms with Crippen LogP contribution in [0.5, 0.6) is 0 Å². The van der Waals surface area contributed by atoms with Crippen LogP contribution in [0.15, 0.2) is 11.6 Å². The molecule has 3 nitrogen and oxygen atoms in total. The van der Waals surface area contributed by atoms with Crippen molar-refractivity contribution in [2.75, 3.05) is 0 Å². The number of aliphatic hydroxyl groups excluding tert-OH is 2. The molecule has 3 rings (SSSR count). The lowest BCUT2D eigenvalue weighted by molar-refractivity contribution is -0.107. The van der Waals surface area contributed by atoms with Crippen molar-refractivity contribution in [2.45, 2.75) is 70.0 Å². The third-order valence-electron chi connectivity index (χ3n) is 6.05. The molecule has 3 fully saturated rings. The number of aliphatic hydroxyl groups is 2. The van der Waals surface area contributed by atoms with Crippen LogP contribution < -0.4 is 0 Å². The van der Waals surface area contributed by atoms with Crippen LogP contribution in [0.25, 0.3) is 0 Å². The molecule has 0 spiro atoms. The Balaban J connectivity index is 1.61. The molecule has 0 aromatic heterocycles. The Labute approximate surface area is 139 Å². The maximum Gasteiger partial charge on any atom is 0.120 e. The van der Waals surface area contributed by atoms with Crippen LogP contribution in [-0.4, -0.2) is 28.7 Å². The molecule has 0 saturated heterocycles. The zero-order chi connectivity index (χ0) is 16.2. The molecule has 3 heteroatoms. The summed E-state index contributed by atoms with van der Waals surface area (Å²) >= 11 is 0. The maximum absolute atomic E-state index is 10.4. The summed E-state index contributed by atoms with van der Waals surface area (Å²) in [6.45, 7) is 0. The standard InChI is InChI=1S/C20H28O3/c21-12-4-3-7-15-13-18-16(15)8-11-20(23)17(18)9-10-19(22)14-5-1-2-6-14/h7,12,14,16-20,22-23H,1-6,8,11,13H2/b15-7-/t16-,17?,18+,19?,20-/m1/s1. The average Bonchev–Trinajstić information content (AvgIpc) is 3.06. The van der Waals surface area contributed by atoms with E-state index in [0.29, 0.717) is 24.2 Å². The molecule has 23 heavy (non-hydrogen) atoms. The van der Waals surface area contributed by atoms with E-state index in [4.69, 9.17) is 0 Å². The van der Waals surface area contributed by atoms with Crippen LogP contribution in [0.4, 0.5) is 0 Å². The molecule has 2 N–H and O–H groups in total. The van der Waals surface area contributed by atoms with Gasteiger partial charge in [-0.3, -0.25) is 0 Å². The summed E-state index contributed by atoms with van der Waals surface area (Å²) in [5, 5.41) is 20.6. The van der Waals surface area contributed by atoms with E-state index in [9.17, 15) is 15.0 Å². The van der Waals surface area contributed by atoms with Crippen LogP contribution in [0.3, 0.4) is 0 Å². The number of rotatable bonds is 4. The highest BCUT2D eigenvalue weighted by Crippen LogP contribution is 2.51. The Kier molecular flexibility index (Phi) is 5.56. The third-order valence-corrected chi connectivity index (χ3v) is 6.05. The van der Waals surface area contributed by atoms with Gasteiger partial charge in [0.1, 0.15) is 12.4 Å². The summed E-state index contributed by atoms with van der Waals surface area (Å²) < 4.78 is 0. The molecule has 0 bridgehead atoms. The molecule has 0 aromatic rings. The molecule has 2 unspecified atom stereocenters. The summed E-state index contributed by atoms with van der Waals surface area (Å²) in [7, 11) is 0. The minimum atomic E-state index is -0.521. The highest BCUT2D eigenvalue weighted by atomic mass is 16.3. The van der Waals surface area contributed by atoms with Crippen LogP contribution in [0.1, 0.15) is 57.8 Å². The Morgan fingerprint density at radius 1 is 1.17 bits per heavy atom. The summed E-state index contributed by atoms with van der Waals surface area (Å²) in [5.41, 5.74) is 1.45. The molecule has 0 amide bonds. The van der Waals surface area contributed by atoms with E-state index in [1.807, 2.05) is 0 Å². The number of fused-ring (bicyclic) bond motifs is 1.